The normalized spacial score (nSPS) is 14.8. The van der Waals surface area contributed by atoms with Crippen molar-refractivity contribution in [3.63, 3.8) is 0 Å². The molecule has 0 atom stereocenters. The molecule has 1 aromatic heterocycles. The van der Waals surface area contributed by atoms with Crippen LogP contribution in [0.25, 0.3) is 0 Å². The minimum Gasteiger partial charge on any atom is -0.311 e. The molecule has 0 N–H and O–H groups in total. The van der Waals surface area contributed by atoms with Crippen LogP contribution < -0.4 is 4.90 Å². The van der Waals surface area contributed by atoms with Gasteiger partial charge < -0.3 is 4.90 Å². The lowest BCUT2D eigenvalue weighted by Crippen LogP contribution is -2.32. The number of thioether (sulfide) groups is 1. The third-order valence-corrected chi connectivity index (χ3v) is 5.17. The van der Waals surface area contributed by atoms with Gasteiger partial charge in [0.25, 0.3) is 0 Å². The fourth-order valence-corrected chi connectivity index (χ4v) is 3.93. The SMILES string of the molecule is O=C(Cc1cccs1)N1CCCSc2ccccc21. The minimum atomic E-state index is 0.206. The van der Waals surface area contributed by atoms with Crippen LogP contribution in [0, 0.1) is 0 Å². The Morgan fingerprint density at radius 2 is 2.11 bits per heavy atom. The summed E-state index contributed by atoms with van der Waals surface area (Å²) in [7, 11) is 0. The molecule has 2 heterocycles. The summed E-state index contributed by atoms with van der Waals surface area (Å²) >= 11 is 3.50. The van der Waals surface area contributed by atoms with E-state index in [0.717, 1.165) is 29.3 Å². The van der Waals surface area contributed by atoms with Crippen molar-refractivity contribution in [1.82, 2.24) is 0 Å². The molecule has 2 aromatic rings. The lowest BCUT2D eigenvalue weighted by Gasteiger charge is -2.22. The smallest absolute Gasteiger partial charge is 0.232 e. The number of hydrogen-bond donors (Lipinski definition) is 0. The number of nitrogens with zero attached hydrogens (tertiary/aromatic N) is 1. The van der Waals surface area contributed by atoms with Crippen molar-refractivity contribution in [1.29, 1.82) is 0 Å². The average Bonchev–Trinajstić information content (AvgIpc) is 2.83. The molecule has 0 spiro atoms. The van der Waals surface area contributed by atoms with Crippen LogP contribution in [0.2, 0.25) is 0 Å². The molecule has 0 saturated carbocycles. The fourth-order valence-electron chi connectivity index (χ4n) is 2.24. The Balaban J connectivity index is 1.85. The Morgan fingerprint density at radius 3 is 2.95 bits per heavy atom. The summed E-state index contributed by atoms with van der Waals surface area (Å²) < 4.78 is 0. The van der Waals surface area contributed by atoms with Crippen molar-refractivity contribution in [2.75, 3.05) is 17.2 Å². The number of para-hydroxylation sites is 1. The second-order valence-corrected chi connectivity index (χ2v) is 6.64. The molecule has 19 heavy (non-hydrogen) atoms. The Morgan fingerprint density at radius 1 is 1.21 bits per heavy atom. The number of amides is 1. The molecule has 0 bridgehead atoms. The van der Waals surface area contributed by atoms with Gasteiger partial charge in [-0.15, -0.1) is 23.1 Å². The van der Waals surface area contributed by atoms with Gasteiger partial charge in [0.15, 0.2) is 0 Å². The summed E-state index contributed by atoms with van der Waals surface area (Å²) in [6.07, 6.45) is 1.56. The van der Waals surface area contributed by atoms with Crippen molar-refractivity contribution in [3.8, 4) is 0 Å². The van der Waals surface area contributed by atoms with Crippen LogP contribution in [0.4, 0.5) is 5.69 Å². The first-order valence-corrected chi connectivity index (χ1v) is 8.26. The number of rotatable bonds is 2. The van der Waals surface area contributed by atoms with Crippen LogP contribution in [0.3, 0.4) is 0 Å². The molecule has 0 aliphatic carbocycles. The van der Waals surface area contributed by atoms with Crippen LogP contribution in [-0.2, 0) is 11.2 Å². The Bertz CT molecular complexity index is 565. The van der Waals surface area contributed by atoms with Gasteiger partial charge in [0, 0.05) is 16.3 Å². The number of benzene rings is 1. The summed E-state index contributed by atoms with van der Waals surface area (Å²) in [5, 5.41) is 2.02. The molecule has 1 amide bonds. The van der Waals surface area contributed by atoms with E-state index in [2.05, 4.69) is 12.1 Å². The van der Waals surface area contributed by atoms with E-state index >= 15 is 0 Å². The Labute approximate surface area is 121 Å². The van der Waals surface area contributed by atoms with Crippen LogP contribution in [-0.4, -0.2) is 18.2 Å². The highest BCUT2D eigenvalue weighted by Crippen LogP contribution is 2.33. The molecule has 1 aliphatic rings. The quantitative estimate of drug-likeness (QED) is 0.837. The molecule has 3 rings (SSSR count). The maximum Gasteiger partial charge on any atom is 0.232 e. The second-order valence-electron chi connectivity index (χ2n) is 4.47. The van der Waals surface area contributed by atoms with Crippen molar-refractivity contribution >= 4 is 34.7 Å². The van der Waals surface area contributed by atoms with Gasteiger partial charge in [0.2, 0.25) is 5.91 Å². The van der Waals surface area contributed by atoms with E-state index in [1.165, 1.54) is 4.90 Å². The standard InChI is InChI=1S/C15H15NOS2/c17-15(11-12-5-3-9-18-12)16-8-4-10-19-14-7-2-1-6-13(14)16/h1-3,5-7,9H,4,8,10-11H2. The molecular weight excluding hydrogens is 274 g/mol. The Kier molecular flexibility index (Phi) is 3.89. The summed E-state index contributed by atoms with van der Waals surface area (Å²) in [5.41, 5.74) is 1.08. The zero-order chi connectivity index (χ0) is 13.1. The lowest BCUT2D eigenvalue weighted by molar-refractivity contribution is -0.118. The van der Waals surface area contributed by atoms with Gasteiger partial charge in [-0.1, -0.05) is 18.2 Å². The summed E-state index contributed by atoms with van der Waals surface area (Å²) in [4.78, 5) is 16.8. The van der Waals surface area contributed by atoms with Gasteiger partial charge in [-0.3, -0.25) is 4.79 Å². The number of hydrogen-bond acceptors (Lipinski definition) is 3. The van der Waals surface area contributed by atoms with Crippen molar-refractivity contribution in [2.45, 2.75) is 17.7 Å². The molecule has 4 heteroatoms. The fraction of sp³-hybridized carbons (Fsp3) is 0.267. The molecule has 0 saturated heterocycles. The van der Waals surface area contributed by atoms with Gasteiger partial charge in [0.05, 0.1) is 12.1 Å². The van der Waals surface area contributed by atoms with Crippen LogP contribution in [0.15, 0.2) is 46.7 Å². The van der Waals surface area contributed by atoms with E-state index in [-0.39, 0.29) is 5.91 Å². The van der Waals surface area contributed by atoms with E-state index in [4.69, 9.17) is 0 Å². The lowest BCUT2D eigenvalue weighted by atomic mass is 10.2. The highest BCUT2D eigenvalue weighted by molar-refractivity contribution is 7.99. The predicted molar refractivity (Wildman–Crippen MR) is 82.2 cm³/mol. The van der Waals surface area contributed by atoms with Crippen LogP contribution in [0.1, 0.15) is 11.3 Å². The highest BCUT2D eigenvalue weighted by atomic mass is 32.2. The average molecular weight is 289 g/mol. The molecule has 0 radical (unpaired) electrons. The maximum absolute atomic E-state index is 12.5. The summed E-state index contributed by atoms with van der Waals surface area (Å²) in [5.74, 6) is 1.29. The second kappa shape index (κ2) is 5.80. The zero-order valence-corrected chi connectivity index (χ0v) is 12.2. The van der Waals surface area contributed by atoms with E-state index in [0.29, 0.717) is 6.42 Å². The molecule has 0 fully saturated rings. The van der Waals surface area contributed by atoms with Gasteiger partial charge in [0.1, 0.15) is 0 Å². The van der Waals surface area contributed by atoms with Crippen LogP contribution in [0.5, 0.6) is 0 Å². The number of fused-ring (bicyclic) bond motifs is 1. The number of anilines is 1. The van der Waals surface area contributed by atoms with E-state index in [1.807, 2.05) is 46.3 Å². The van der Waals surface area contributed by atoms with Crippen molar-refractivity contribution < 1.29 is 4.79 Å². The van der Waals surface area contributed by atoms with Crippen molar-refractivity contribution in [3.05, 3.63) is 46.7 Å². The highest BCUT2D eigenvalue weighted by Gasteiger charge is 2.21. The number of carbonyl (C=O) groups is 1. The zero-order valence-electron chi connectivity index (χ0n) is 10.5. The third-order valence-electron chi connectivity index (χ3n) is 3.15. The molecule has 0 unspecified atom stereocenters. The third kappa shape index (κ3) is 2.85. The summed E-state index contributed by atoms with van der Waals surface area (Å²) in [6, 6.07) is 12.2. The Hall–Kier alpha value is -1.26. The first-order chi connectivity index (χ1) is 9.34. The molecule has 98 valence electrons. The first-order valence-electron chi connectivity index (χ1n) is 6.39. The largest absolute Gasteiger partial charge is 0.311 e. The molecule has 2 nitrogen and oxygen atoms in total. The first kappa shape index (κ1) is 12.8. The van der Waals surface area contributed by atoms with Crippen molar-refractivity contribution in [2.24, 2.45) is 0 Å². The monoisotopic (exact) mass is 289 g/mol. The van der Waals surface area contributed by atoms with E-state index in [1.54, 1.807) is 11.3 Å². The van der Waals surface area contributed by atoms with Gasteiger partial charge in [-0.25, -0.2) is 0 Å². The minimum absolute atomic E-state index is 0.206. The van der Waals surface area contributed by atoms with Crippen LogP contribution >= 0.6 is 23.1 Å². The number of carbonyl (C=O) groups excluding carboxylic acids is 1. The molecular formula is C15H15NOS2. The van der Waals surface area contributed by atoms with E-state index in [9.17, 15) is 4.79 Å². The number of thiophene rings is 1. The molecule has 1 aliphatic heterocycles. The summed E-state index contributed by atoms with van der Waals surface area (Å²) in [6.45, 7) is 0.828. The predicted octanol–water partition coefficient (Wildman–Crippen LogP) is 3.82. The van der Waals surface area contributed by atoms with E-state index < -0.39 is 0 Å². The molecule has 1 aromatic carbocycles. The topological polar surface area (TPSA) is 20.3 Å². The van der Waals surface area contributed by atoms with Gasteiger partial charge >= 0.3 is 0 Å². The maximum atomic E-state index is 12.5. The van der Waals surface area contributed by atoms with Gasteiger partial charge in [-0.2, -0.15) is 0 Å². The van der Waals surface area contributed by atoms with Gasteiger partial charge in [-0.05, 0) is 35.8 Å².